The Balaban J connectivity index is 2.99. The summed E-state index contributed by atoms with van der Waals surface area (Å²) in [6.07, 6.45) is -4.24. The van der Waals surface area contributed by atoms with E-state index in [-0.39, 0.29) is 12.4 Å². The van der Waals surface area contributed by atoms with Gasteiger partial charge in [-0.2, -0.15) is 18.2 Å². The molecule has 0 aliphatic rings. The number of nitrogens with one attached hydrogen (secondary N) is 1. The number of hydrogen-bond acceptors (Lipinski definition) is 4. The summed E-state index contributed by atoms with van der Waals surface area (Å²) in [4.78, 5) is 9.21. The Bertz CT molecular complexity index is 378. The van der Waals surface area contributed by atoms with Crippen LogP contribution in [0.15, 0.2) is 6.07 Å². The second kappa shape index (κ2) is 5.20. The lowest BCUT2D eigenvalue weighted by Crippen LogP contribution is -2.34. The molecule has 0 spiro atoms. The van der Waals surface area contributed by atoms with Crippen molar-refractivity contribution in [1.29, 1.82) is 0 Å². The Kier molecular flexibility index (Phi) is 4.14. The van der Waals surface area contributed by atoms with E-state index in [4.69, 9.17) is 0 Å². The van der Waals surface area contributed by atoms with E-state index in [0.29, 0.717) is 11.6 Å². The van der Waals surface area contributed by atoms with Crippen LogP contribution in [0.2, 0.25) is 0 Å². The second-order valence-electron chi connectivity index (χ2n) is 3.57. The van der Waals surface area contributed by atoms with Gasteiger partial charge >= 0.3 is 6.18 Å². The molecule has 0 saturated carbocycles. The van der Waals surface area contributed by atoms with Gasteiger partial charge in [-0.15, -0.1) is 0 Å². The van der Waals surface area contributed by atoms with Crippen molar-refractivity contribution >= 4 is 11.8 Å². The first-order valence-corrected chi connectivity index (χ1v) is 5.21. The van der Waals surface area contributed by atoms with Crippen molar-refractivity contribution < 1.29 is 13.2 Å². The molecule has 0 aliphatic carbocycles. The van der Waals surface area contributed by atoms with E-state index in [1.165, 1.54) is 6.07 Å². The summed E-state index contributed by atoms with van der Waals surface area (Å²) in [6.45, 7) is 2.60. The Morgan fingerprint density at radius 1 is 1.35 bits per heavy atom. The number of aromatic nitrogens is 2. The van der Waals surface area contributed by atoms with Crippen LogP contribution in [-0.4, -0.2) is 36.3 Å². The third-order valence-electron chi connectivity index (χ3n) is 2.14. The molecule has 1 N–H and O–H groups in total. The van der Waals surface area contributed by atoms with Crippen molar-refractivity contribution in [2.24, 2.45) is 0 Å². The quantitative estimate of drug-likeness (QED) is 0.887. The number of nitrogens with zero attached hydrogens (tertiary/aromatic N) is 3. The molecule has 17 heavy (non-hydrogen) atoms. The van der Waals surface area contributed by atoms with Gasteiger partial charge in [0.2, 0.25) is 5.95 Å². The number of hydrogen-bond donors (Lipinski definition) is 1. The number of aryl methyl sites for hydroxylation is 1. The first-order chi connectivity index (χ1) is 7.85. The van der Waals surface area contributed by atoms with Gasteiger partial charge in [0.25, 0.3) is 0 Å². The number of anilines is 2. The maximum Gasteiger partial charge on any atom is 0.405 e. The van der Waals surface area contributed by atoms with Crippen LogP contribution >= 0.6 is 0 Å². The number of rotatable bonds is 4. The lowest BCUT2D eigenvalue weighted by atomic mass is 10.3. The Morgan fingerprint density at radius 3 is 2.47 bits per heavy atom. The first-order valence-electron chi connectivity index (χ1n) is 5.21. The summed E-state index contributed by atoms with van der Waals surface area (Å²) in [5.41, 5.74) is 0.625. The van der Waals surface area contributed by atoms with Crippen LogP contribution in [0.4, 0.5) is 24.9 Å². The zero-order valence-electron chi connectivity index (χ0n) is 9.97. The molecule has 0 aliphatic heterocycles. The monoisotopic (exact) mass is 248 g/mol. The van der Waals surface area contributed by atoms with Crippen LogP contribution in [0.1, 0.15) is 12.6 Å². The molecule has 0 saturated heterocycles. The van der Waals surface area contributed by atoms with Crippen LogP contribution < -0.4 is 10.2 Å². The largest absolute Gasteiger partial charge is 0.405 e. The predicted molar refractivity (Wildman–Crippen MR) is 60.3 cm³/mol. The van der Waals surface area contributed by atoms with E-state index >= 15 is 0 Å². The Hall–Kier alpha value is -1.53. The van der Waals surface area contributed by atoms with Gasteiger partial charge in [-0.05, 0) is 13.8 Å². The van der Waals surface area contributed by atoms with Gasteiger partial charge < -0.3 is 10.2 Å². The lowest BCUT2D eigenvalue weighted by molar-refractivity contribution is -0.119. The third-order valence-corrected chi connectivity index (χ3v) is 2.14. The molecular weight excluding hydrogens is 233 g/mol. The molecule has 0 fully saturated rings. The summed E-state index contributed by atoms with van der Waals surface area (Å²) in [5, 5.41) is 2.72. The molecule has 0 aromatic carbocycles. The first kappa shape index (κ1) is 13.5. The summed E-state index contributed by atoms with van der Waals surface area (Å²) in [6, 6.07) is 1.54. The van der Waals surface area contributed by atoms with Crippen molar-refractivity contribution in [2.75, 3.05) is 30.4 Å². The second-order valence-corrected chi connectivity index (χ2v) is 3.57. The molecule has 0 bridgehead atoms. The third kappa shape index (κ3) is 4.08. The summed E-state index contributed by atoms with van der Waals surface area (Å²) >= 11 is 0. The van der Waals surface area contributed by atoms with E-state index in [9.17, 15) is 13.2 Å². The highest BCUT2D eigenvalue weighted by molar-refractivity contribution is 5.44. The van der Waals surface area contributed by atoms with Crippen LogP contribution in [0.5, 0.6) is 0 Å². The van der Waals surface area contributed by atoms with E-state index < -0.39 is 12.7 Å². The van der Waals surface area contributed by atoms with Crippen molar-refractivity contribution in [3.8, 4) is 0 Å². The van der Waals surface area contributed by atoms with E-state index in [1.54, 1.807) is 20.9 Å². The SMILES string of the molecule is CCN(CC(F)(F)F)c1cc(C)nc(NC)n1. The maximum atomic E-state index is 12.4. The van der Waals surface area contributed by atoms with Gasteiger partial charge in [-0.25, -0.2) is 4.98 Å². The van der Waals surface area contributed by atoms with Gasteiger partial charge in [0.1, 0.15) is 12.4 Å². The lowest BCUT2D eigenvalue weighted by Gasteiger charge is -2.23. The molecule has 1 heterocycles. The molecule has 4 nitrogen and oxygen atoms in total. The number of halogens is 3. The molecule has 0 radical (unpaired) electrons. The molecule has 1 aromatic rings. The minimum absolute atomic E-state index is 0.235. The number of alkyl halides is 3. The molecule has 1 aromatic heterocycles. The fourth-order valence-electron chi connectivity index (χ4n) is 1.40. The van der Waals surface area contributed by atoms with Gasteiger partial charge in [-0.1, -0.05) is 0 Å². The summed E-state index contributed by atoms with van der Waals surface area (Å²) < 4.78 is 37.1. The molecule has 0 atom stereocenters. The zero-order chi connectivity index (χ0) is 13.1. The molecule has 7 heteroatoms. The fourth-order valence-corrected chi connectivity index (χ4v) is 1.40. The van der Waals surface area contributed by atoms with Gasteiger partial charge in [0.05, 0.1) is 0 Å². The van der Waals surface area contributed by atoms with E-state index in [0.717, 1.165) is 4.90 Å². The highest BCUT2D eigenvalue weighted by atomic mass is 19.4. The smallest absolute Gasteiger partial charge is 0.357 e. The van der Waals surface area contributed by atoms with Gasteiger partial charge in [0.15, 0.2) is 0 Å². The van der Waals surface area contributed by atoms with E-state index in [2.05, 4.69) is 15.3 Å². The Labute approximate surface area is 97.9 Å². The zero-order valence-corrected chi connectivity index (χ0v) is 9.97. The van der Waals surface area contributed by atoms with Gasteiger partial charge in [0, 0.05) is 25.4 Å². The highest BCUT2D eigenvalue weighted by Gasteiger charge is 2.31. The van der Waals surface area contributed by atoms with Crippen LogP contribution in [0.3, 0.4) is 0 Å². The summed E-state index contributed by atoms with van der Waals surface area (Å²) in [7, 11) is 1.62. The van der Waals surface area contributed by atoms with Crippen molar-refractivity contribution in [1.82, 2.24) is 9.97 Å². The normalized spacial score (nSPS) is 11.4. The highest BCUT2D eigenvalue weighted by Crippen LogP contribution is 2.21. The molecule has 96 valence electrons. The molecular formula is C10H15F3N4. The van der Waals surface area contributed by atoms with Crippen LogP contribution in [-0.2, 0) is 0 Å². The average Bonchev–Trinajstić information content (AvgIpc) is 2.23. The van der Waals surface area contributed by atoms with Gasteiger partial charge in [-0.3, -0.25) is 0 Å². The minimum Gasteiger partial charge on any atom is -0.357 e. The van der Waals surface area contributed by atoms with Crippen LogP contribution in [0.25, 0.3) is 0 Å². The maximum absolute atomic E-state index is 12.4. The average molecular weight is 248 g/mol. The standard InChI is InChI=1S/C10H15F3N4/c1-4-17(6-10(11,12)13)8-5-7(2)15-9(14-3)16-8/h5H,4,6H2,1-3H3,(H,14,15,16). The topological polar surface area (TPSA) is 41.1 Å². The molecule has 1 rings (SSSR count). The van der Waals surface area contributed by atoms with Crippen molar-refractivity contribution in [3.63, 3.8) is 0 Å². The molecule has 0 amide bonds. The van der Waals surface area contributed by atoms with Crippen molar-refractivity contribution in [2.45, 2.75) is 20.0 Å². The molecule has 0 unspecified atom stereocenters. The fraction of sp³-hybridized carbons (Fsp3) is 0.600. The summed E-state index contributed by atoms with van der Waals surface area (Å²) in [5.74, 6) is 0.599. The Morgan fingerprint density at radius 2 is 2.00 bits per heavy atom. The minimum atomic E-state index is -4.24. The van der Waals surface area contributed by atoms with E-state index in [1.807, 2.05) is 0 Å². The predicted octanol–water partition coefficient (Wildman–Crippen LogP) is 2.22. The van der Waals surface area contributed by atoms with Crippen molar-refractivity contribution in [3.05, 3.63) is 11.8 Å². The van der Waals surface area contributed by atoms with Crippen LogP contribution in [0, 0.1) is 6.92 Å².